The number of methoxy groups -OCH3 is 1. The summed E-state index contributed by atoms with van der Waals surface area (Å²) in [6.07, 6.45) is 0.720. The van der Waals surface area contributed by atoms with Crippen molar-refractivity contribution >= 4 is 15.9 Å². The first-order valence-electron chi connectivity index (χ1n) is 8.16. The third-order valence-corrected chi connectivity index (χ3v) is 6.60. The maximum absolute atomic E-state index is 12.9. The van der Waals surface area contributed by atoms with Crippen LogP contribution in [0.1, 0.15) is 30.6 Å². The molecule has 1 amide bonds. The van der Waals surface area contributed by atoms with Crippen LogP contribution in [-0.4, -0.2) is 63.9 Å². The molecule has 1 aromatic carbocycles. The predicted octanol–water partition coefficient (Wildman–Crippen LogP) is 1.14. The molecule has 1 saturated heterocycles. The second-order valence-corrected chi connectivity index (χ2v) is 9.38. The van der Waals surface area contributed by atoms with E-state index >= 15 is 0 Å². The lowest BCUT2D eigenvalue weighted by atomic mass is 9.79. The highest BCUT2D eigenvalue weighted by Gasteiger charge is 2.36. The van der Waals surface area contributed by atoms with Gasteiger partial charge in [-0.2, -0.15) is 0 Å². The Kier molecular flexibility index (Phi) is 5.46. The molecule has 1 aliphatic rings. The maximum atomic E-state index is 12.9. The largest absolute Gasteiger partial charge is 0.495 e. The fourth-order valence-corrected chi connectivity index (χ4v) is 4.01. The number of rotatable bonds is 4. The number of carbonyl (C=O) groups excluding carboxylic acids is 1. The molecule has 0 spiro atoms. The average molecular weight is 369 g/mol. The lowest BCUT2D eigenvalue weighted by Crippen LogP contribution is -2.54. The highest BCUT2D eigenvalue weighted by Crippen LogP contribution is 2.31. The Morgan fingerprint density at radius 1 is 1.36 bits per heavy atom. The number of nitrogens with two attached hydrogens (primary N) is 1. The fourth-order valence-electron chi connectivity index (χ4n) is 2.94. The van der Waals surface area contributed by atoms with Gasteiger partial charge in [0, 0.05) is 38.8 Å². The molecular weight excluding hydrogens is 342 g/mol. The molecule has 1 aromatic rings. The SMILES string of the molecule is COc1ccc(C(=O)N2CCC(N)C(C)(C)C2)cc1S(=O)(=O)N(C)C. The topological polar surface area (TPSA) is 92.9 Å². The molecule has 2 rings (SSSR count). The van der Waals surface area contributed by atoms with E-state index in [9.17, 15) is 13.2 Å². The van der Waals surface area contributed by atoms with Crippen molar-refractivity contribution < 1.29 is 17.9 Å². The van der Waals surface area contributed by atoms with Crippen molar-refractivity contribution in [2.24, 2.45) is 11.1 Å². The highest BCUT2D eigenvalue weighted by molar-refractivity contribution is 7.89. The second-order valence-electron chi connectivity index (χ2n) is 7.26. The Morgan fingerprint density at radius 3 is 2.52 bits per heavy atom. The van der Waals surface area contributed by atoms with Crippen LogP contribution >= 0.6 is 0 Å². The number of ether oxygens (including phenoxy) is 1. The minimum Gasteiger partial charge on any atom is -0.495 e. The number of benzene rings is 1. The molecule has 0 aliphatic carbocycles. The van der Waals surface area contributed by atoms with Gasteiger partial charge >= 0.3 is 0 Å². The quantitative estimate of drug-likeness (QED) is 0.859. The lowest BCUT2D eigenvalue weighted by Gasteiger charge is -2.42. The molecule has 25 heavy (non-hydrogen) atoms. The molecule has 8 heteroatoms. The lowest BCUT2D eigenvalue weighted by molar-refractivity contribution is 0.0532. The molecule has 1 aliphatic heterocycles. The van der Waals surface area contributed by atoms with Gasteiger partial charge in [0.1, 0.15) is 10.6 Å². The van der Waals surface area contributed by atoms with Crippen LogP contribution in [0.15, 0.2) is 23.1 Å². The molecular formula is C17H27N3O4S. The number of hydrogen-bond donors (Lipinski definition) is 1. The molecule has 1 fully saturated rings. The minimum atomic E-state index is -3.72. The van der Waals surface area contributed by atoms with Gasteiger partial charge in [-0.1, -0.05) is 13.8 Å². The molecule has 2 N–H and O–H groups in total. The number of likely N-dealkylation sites (tertiary alicyclic amines) is 1. The highest BCUT2D eigenvalue weighted by atomic mass is 32.2. The van der Waals surface area contributed by atoms with Gasteiger partial charge in [0.2, 0.25) is 10.0 Å². The standard InChI is InChI=1S/C17H27N3O4S/c1-17(2)11-20(9-8-15(17)18)16(21)12-6-7-13(24-5)14(10-12)25(22,23)19(3)4/h6-7,10,15H,8-9,11,18H2,1-5H3. The number of carbonyl (C=O) groups is 1. The van der Waals surface area contributed by atoms with Crippen molar-refractivity contribution in [1.29, 1.82) is 0 Å². The van der Waals surface area contributed by atoms with Crippen LogP contribution in [-0.2, 0) is 10.0 Å². The van der Waals surface area contributed by atoms with Crippen LogP contribution in [0.2, 0.25) is 0 Å². The Morgan fingerprint density at radius 2 is 2.00 bits per heavy atom. The number of hydrogen-bond acceptors (Lipinski definition) is 5. The van der Waals surface area contributed by atoms with E-state index in [1.807, 2.05) is 13.8 Å². The molecule has 0 radical (unpaired) electrons. The van der Waals surface area contributed by atoms with Crippen LogP contribution in [0.5, 0.6) is 5.75 Å². The number of nitrogens with zero attached hydrogens (tertiary/aromatic N) is 2. The summed E-state index contributed by atoms with van der Waals surface area (Å²) < 4.78 is 31.3. The molecule has 1 unspecified atom stereocenters. The van der Waals surface area contributed by atoms with Crippen molar-refractivity contribution in [3.8, 4) is 5.75 Å². The molecule has 1 heterocycles. The van der Waals surface area contributed by atoms with E-state index in [0.29, 0.717) is 18.7 Å². The zero-order chi connectivity index (χ0) is 19.0. The van der Waals surface area contributed by atoms with Crippen LogP contribution in [0.4, 0.5) is 0 Å². The smallest absolute Gasteiger partial charge is 0.253 e. The van der Waals surface area contributed by atoms with E-state index in [4.69, 9.17) is 10.5 Å². The Bertz CT molecular complexity index is 759. The van der Waals surface area contributed by atoms with E-state index in [0.717, 1.165) is 10.7 Å². The second kappa shape index (κ2) is 6.93. The van der Waals surface area contributed by atoms with Crippen molar-refractivity contribution in [1.82, 2.24) is 9.21 Å². The van der Waals surface area contributed by atoms with E-state index in [2.05, 4.69) is 0 Å². The van der Waals surface area contributed by atoms with Crippen molar-refractivity contribution in [2.75, 3.05) is 34.3 Å². The number of sulfonamides is 1. The zero-order valence-corrected chi connectivity index (χ0v) is 16.3. The molecule has 0 bridgehead atoms. The molecule has 140 valence electrons. The van der Waals surface area contributed by atoms with Gasteiger partial charge in [-0.15, -0.1) is 0 Å². The Hall–Kier alpha value is -1.64. The van der Waals surface area contributed by atoms with Crippen LogP contribution in [0.3, 0.4) is 0 Å². The first-order valence-corrected chi connectivity index (χ1v) is 9.60. The summed E-state index contributed by atoms with van der Waals surface area (Å²) in [6.45, 7) is 5.17. The minimum absolute atomic E-state index is 0.0150. The molecule has 7 nitrogen and oxygen atoms in total. The number of piperidine rings is 1. The zero-order valence-electron chi connectivity index (χ0n) is 15.4. The van der Waals surface area contributed by atoms with Gasteiger partial charge in [0.25, 0.3) is 5.91 Å². The summed E-state index contributed by atoms with van der Waals surface area (Å²) in [5.74, 6) is 0.0177. The first kappa shape index (κ1) is 19.7. The fraction of sp³-hybridized carbons (Fsp3) is 0.588. The van der Waals surface area contributed by atoms with E-state index in [1.165, 1.54) is 33.3 Å². The normalized spacial score (nSPS) is 20.6. The van der Waals surface area contributed by atoms with Crippen LogP contribution in [0, 0.1) is 5.41 Å². The summed E-state index contributed by atoms with van der Waals surface area (Å²) in [5, 5.41) is 0. The summed E-state index contributed by atoms with van der Waals surface area (Å²) in [5.41, 5.74) is 6.27. The Labute approximate surface area is 149 Å². The molecule has 0 aromatic heterocycles. The number of amides is 1. The van der Waals surface area contributed by atoms with Crippen LogP contribution < -0.4 is 10.5 Å². The third-order valence-electron chi connectivity index (χ3n) is 4.77. The van der Waals surface area contributed by atoms with Gasteiger partial charge in [0.15, 0.2) is 0 Å². The molecule has 0 saturated carbocycles. The predicted molar refractivity (Wildman–Crippen MR) is 96.1 cm³/mol. The van der Waals surface area contributed by atoms with Crippen LogP contribution in [0.25, 0.3) is 0 Å². The van der Waals surface area contributed by atoms with E-state index in [1.54, 1.807) is 11.0 Å². The third kappa shape index (κ3) is 3.80. The average Bonchev–Trinajstić information content (AvgIpc) is 2.55. The van der Waals surface area contributed by atoms with Crippen molar-refractivity contribution in [3.05, 3.63) is 23.8 Å². The summed E-state index contributed by atoms with van der Waals surface area (Å²) >= 11 is 0. The van der Waals surface area contributed by atoms with E-state index in [-0.39, 0.29) is 28.0 Å². The molecule has 1 atom stereocenters. The van der Waals surface area contributed by atoms with E-state index < -0.39 is 10.0 Å². The monoisotopic (exact) mass is 369 g/mol. The van der Waals surface area contributed by atoms with Gasteiger partial charge in [-0.3, -0.25) is 4.79 Å². The van der Waals surface area contributed by atoms with Gasteiger partial charge in [-0.25, -0.2) is 12.7 Å². The summed E-state index contributed by atoms with van der Waals surface area (Å²) in [4.78, 5) is 14.6. The summed E-state index contributed by atoms with van der Waals surface area (Å²) in [6, 6.07) is 4.54. The summed E-state index contributed by atoms with van der Waals surface area (Å²) in [7, 11) is 0.567. The van der Waals surface area contributed by atoms with Gasteiger partial charge < -0.3 is 15.4 Å². The van der Waals surface area contributed by atoms with Gasteiger partial charge in [0.05, 0.1) is 7.11 Å². The Balaban J connectivity index is 2.39. The van der Waals surface area contributed by atoms with Gasteiger partial charge in [-0.05, 0) is 30.0 Å². The van der Waals surface area contributed by atoms with Crippen molar-refractivity contribution in [2.45, 2.75) is 31.2 Å². The van der Waals surface area contributed by atoms with Crippen molar-refractivity contribution in [3.63, 3.8) is 0 Å². The maximum Gasteiger partial charge on any atom is 0.253 e. The first-order chi connectivity index (χ1) is 11.5.